The summed E-state index contributed by atoms with van der Waals surface area (Å²) in [6, 6.07) is 7.05. The van der Waals surface area contributed by atoms with Crippen molar-refractivity contribution >= 4 is 52.0 Å². The highest BCUT2D eigenvalue weighted by atomic mass is 35.5. The van der Waals surface area contributed by atoms with Crippen LogP contribution in [0.15, 0.2) is 47.9 Å². The Labute approximate surface area is 208 Å². The molecule has 0 atom stereocenters. The summed E-state index contributed by atoms with van der Waals surface area (Å²) < 4.78 is 11.4. The number of pyridine rings is 1. The van der Waals surface area contributed by atoms with E-state index in [4.69, 9.17) is 44.9 Å². The lowest BCUT2D eigenvalue weighted by molar-refractivity contribution is -0.117. The molecule has 2 heterocycles. The molecule has 0 radical (unpaired) electrons. The van der Waals surface area contributed by atoms with Gasteiger partial charge < -0.3 is 25.4 Å². The Kier molecular flexibility index (Phi) is 8.53. The van der Waals surface area contributed by atoms with Crippen molar-refractivity contribution in [1.29, 1.82) is 0 Å². The summed E-state index contributed by atoms with van der Waals surface area (Å²) in [6.45, 7) is 5.19. The van der Waals surface area contributed by atoms with Crippen molar-refractivity contribution in [2.24, 2.45) is 0 Å². The van der Waals surface area contributed by atoms with Crippen LogP contribution in [0.25, 0.3) is 0 Å². The molecule has 1 amide bonds. The molecule has 0 aliphatic carbocycles. The van der Waals surface area contributed by atoms with E-state index in [9.17, 15) is 4.79 Å². The van der Waals surface area contributed by atoms with Crippen LogP contribution in [0.3, 0.4) is 0 Å². The molecule has 0 spiro atoms. The topological polar surface area (TPSA) is 84.5 Å². The van der Waals surface area contributed by atoms with E-state index in [-0.39, 0.29) is 10.9 Å². The number of nitrogens with zero attached hydrogens (tertiary/aromatic N) is 1. The van der Waals surface area contributed by atoms with Crippen molar-refractivity contribution in [1.82, 2.24) is 15.6 Å². The third kappa shape index (κ3) is 6.57. The Morgan fingerprint density at radius 3 is 2.85 bits per heavy atom. The Hall–Kier alpha value is -2.39. The van der Waals surface area contributed by atoms with Gasteiger partial charge in [0.1, 0.15) is 17.3 Å². The normalized spacial score (nSPS) is 14.0. The number of carbonyl (C=O) groups excluding carboxylic acids is 1. The van der Waals surface area contributed by atoms with Gasteiger partial charge in [-0.1, -0.05) is 41.5 Å². The van der Waals surface area contributed by atoms with Crippen molar-refractivity contribution < 1.29 is 14.3 Å². The number of rotatable bonds is 9. The first-order valence-electron chi connectivity index (χ1n) is 10.3. The summed E-state index contributed by atoms with van der Waals surface area (Å²) in [4.78, 5) is 17.1. The maximum absolute atomic E-state index is 12.7. The molecule has 1 aliphatic rings. The fourth-order valence-corrected chi connectivity index (χ4v) is 3.72. The van der Waals surface area contributed by atoms with Crippen LogP contribution in [0, 0.1) is 0 Å². The molecule has 0 unspecified atom stereocenters. The van der Waals surface area contributed by atoms with Gasteiger partial charge in [-0.2, -0.15) is 0 Å². The van der Waals surface area contributed by atoms with Gasteiger partial charge in [-0.3, -0.25) is 9.78 Å². The second-order valence-corrected chi connectivity index (χ2v) is 9.20. The van der Waals surface area contributed by atoms with Gasteiger partial charge in [0.15, 0.2) is 0 Å². The van der Waals surface area contributed by atoms with Gasteiger partial charge in [-0.25, -0.2) is 0 Å². The average molecular weight is 509 g/mol. The van der Waals surface area contributed by atoms with Gasteiger partial charge in [-0.15, -0.1) is 0 Å². The first kappa shape index (κ1) is 25.2. The zero-order valence-corrected chi connectivity index (χ0v) is 21.0. The van der Waals surface area contributed by atoms with Crippen LogP contribution in [-0.2, 0) is 16.1 Å². The van der Waals surface area contributed by atoms with E-state index < -0.39 is 5.60 Å². The Morgan fingerprint density at radius 2 is 2.09 bits per heavy atom. The van der Waals surface area contributed by atoms with E-state index in [0.29, 0.717) is 53.2 Å². The molecule has 1 aliphatic heterocycles. The van der Waals surface area contributed by atoms with Crippen LogP contribution in [0.2, 0.25) is 10.0 Å². The summed E-state index contributed by atoms with van der Waals surface area (Å²) in [5.41, 5.74) is 2.09. The third-order valence-corrected chi connectivity index (χ3v) is 6.23. The van der Waals surface area contributed by atoms with Crippen LogP contribution in [0.4, 0.5) is 5.69 Å². The minimum Gasteiger partial charge on any atom is -0.489 e. The summed E-state index contributed by atoms with van der Waals surface area (Å²) in [7, 11) is 1.64. The maximum Gasteiger partial charge on any atom is 0.256 e. The first-order chi connectivity index (χ1) is 15.7. The Morgan fingerprint density at radius 1 is 1.30 bits per heavy atom. The van der Waals surface area contributed by atoms with Gasteiger partial charge in [0.05, 0.1) is 33.1 Å². The molecule has 10 heteroatoms. The number of aromatic nitrogens is 1. The van der Waals surface area contributed by atoms with Crippen molar-refractivity contribution in [2.75, 3.05) is 25.6 Å². The molecule has 0 fully saturated rings. The second-order valence-electron chi connectivity index (χ2n) is 8.00. The number of carbonyl (C=O) groups is 1. The monoisotopic (exact) mass is 508 g/mol. The molecule has 33 heavy (non-hydrogen) atoms. The van der Waals surface area contributed by atoms with E-state index >= 15 is 0 Å². The summed E-state index contributed by atoms with van der Waals surface area (Å²) in [5, 5.41) is 9.97. The molecular weight excluding hydrogens is 483 g/mol. The average Bonchev–Trinajstić information content (AvgIpc) is 2.80. The molecule has 0 bridgehead atoms. The van der Waals surface area contributed by atoms with Gasteiger partial charge >= 0.3 is 0 Å². The molecule has 1 aromatic heterocycles. The zero-order valence-electron chi connectivity index (χ0n) is 18.6. The lowest BCUT2D eigenvalue weighted by atomic mass is 10.1. The zero-order chi connectivity index (χ0) is 24.0. The van der Waals surface area contributed by atoms with E-state index in [1.165, 1.54) is 0 Å². The van der Waals surface area contributed by atoms with Crippen molar-refractivity contribution in [3.63, 3.8) is 0 Å². The SMILES string of the molecule is COC(C)(C)COc1cnccc1CNC1=C(C(=S)Nc2cccc(Cl)c2Cl)C(=O)NCC1. The smallest absolute Gasteiger partial charge is 0.256 e. The number of halogens is 2. The number of benzene rings is 1. The highest BCUT2D eigenvalue weighted by Gasteiger charge is 2.25. The van der Waals surface area contributed by atoms with Gasteiger partial charge in [0, 0.05) is 44.1 Å². The number of nitrogens with one attached hydrogen (secondary N) is 3. The van der Waals surface area contributed by atoms with Crippen LogP contribution < -0.4 is 20.7 Å². The molecule has 0 saturated heterocycles. The predicted octanol–water partition coefficient (Wildman–Crippen LogP) is 4.50. The Balaban J connectivity index is 1.78. The quantitative estimate of drug-likeness (QED) is 0.430. The number of thiocarbonyl (C=S) groups is 1. The largest absolute Gasteiger partial charge is 0.489 e. The number of methoxy groups -OCH3 is 1. The van der Waals surface area contributed by atoms with E-state index in [1.807, 2.05) is 19.9 Å². The number of amides is 1. The van der Waals surface area contributed by atoms with E-state index in [1.54, 1.807) is 37.7 Å². The van der Waals surface area contributed by atoms with Crippen molar-refractivity contribution in [2.45, 2.75) is 32.4 Å². The first-order valence-corrected chi connectivity index (χ1v) is 11.5. The van der Waals surface area contributed by atoms with Gasteiger partial charge in [-0.05, 0) is 32.0 Å². The van der Waals surface area contributed by atoms with Crippen molar-refractivity contribution in [3.8, 4) is 5.75 Å². The Bertz CT molecular complexity index is 1080. The molecule has 3 N–H and O–H groups in total. The maximum atomic E-state index is 12.7. The predicted molar refractivity (Wildman–Crippen MR) is 135 cm³/mol. The highest BCUT2D eigenvalue weighted by molar-refractivity contribution is 7.81. The van der Waals surface area contributed by atoms with E-state index in [2.05, 4.69) is 20.9 Å². The summed E-state index contributed by atoms with van der Waals surface area (Å²) in [6.07, 6.45) is 3.96. The molecule has 7 nitrogen and oxygen atoms in total. The number of hydrogen-bond acceptors (Lipinski definition) is 6. The second kappa shape index (κ2) is 11.2. The van der Waals surface area contributed by atoms with Crippen LogP contribution in [0.1, 0.15) is 25.8 Å². The van der Waals surface area contributed by atoms with Gasteiger partial charge in [0.2, 0.25) is 0 Å². The summed E-state index contributed by atoms with van der Waals surface area (Å²) >= 11 is 17.9. The minimum absolute atomic E-state index is 0.256. The molecule has 2 aromatic rings. The lowest BCUT2D eigenvalue weighted by Gasteiger charge is -2.25. The lowest BCUT2D eigenvalue weighted by Crippen LogP contribution is -2.39. The van der Waals surface area contributed by atoms with Crippen LogP contribution >= 0.6 is 35.4 Å². The fraction of sp³-hybridized carbons (Fsp3) is 0.348. The fourth-order valence-electron chi connectivity index (χ4n) is 3.05. The number of anilines is 1. The highest BCUT2D eigenvalue weighted by Crippen LogP contribution is 2.30. The van der Waals surface area contributed by atoms with Crippen molar-refractivity contribution in [3.05, 3.63) is 63.5 Å². The molecular formula is C23H26Cl2N4O3S. The van der Waals surface area contributed by atoms with Gasteiger partial charge in [0.25, 0.3) is 5.91 Å². The number of ether oxygens (including phenoxy) is 2. The molecule has 1 aromatic carbocycles. The molecule has 0 saturated carbocycles. The van der Waals surface area contributed by atoms with E-state index in [0.717, 1.165) is 11.3 Å². The standard InChI is InChI=1S/C23H26Cl2N4O3S/c1-23(2,31-3)13-32-18-12-26-9-7-14(18)11-28-16-8-10-27-21(30)19(16)22(33)29-17-6-4-5-15(24)20(17)25/h4-7,9,12,28H,8,10-11,13H2,1-3H3,(H,27,30)(H,29,33). The number of hydrogen-bond donors (Lipinski definition) is 3. The van der Waals surface area contributed by atoms with Crippen LogP contribution in [0.5, 0.6) is 5.75 Å². The molecule has 176 valence electrons. The van der Waals surface area contributed by atoms with Crippen LogP contribution in [-0.4, -0.2) is 41.7 Å². The minimum atomic E-state index is -0.433. The third-order valence-electron chi connectivity index (χ3n) is 5.11. The summed E-state index contributed by atoms with van der Waals surface area (Å²) in [5.74, 6) is 0.386. The molecule has 3 rings (SSSR count).